The van der Waals surface area contributed by atoms with Crippen molar-refractivity contribution in [2.75, 3.05) is 0 Å². The van der Waals surface area contributed by atoms with Crippen LogP contribution >= 0.6 is 0 Å². The molecule has 3 aromatic rings. The predicted octanol–water partition coefficient (Wildman–Crippen LogP) is 8.26. The van der Waals surface area contributed by atoms with Crippen LogP contribution in [0, 0.1) is 5.92 Å². The van der Waals surface area contributed by atoms with Crippen LogP contribution in [-0.2, 0) is 4.79 Å². The molecule has 5 heteroatoms. The topological polar surface area (TPSA) is 61.8 Å². The molecule has 0 aliphatic rings. The first kappa shape index (κ1) is 28.0. The van der Waals surface area contributed by atoms with Gasteiger partial charge in [-0.3, -0.25) is 4.79 Å². The third-order valence-electron chi connectivity index (χ3n) is 6.38. The van der Waals surface area contributed by atoms with E-state index in [0.717, 1.165) is 29.7 Å². The number of benzene rings is 3. The summed E-state index contributed by atoms with van der Waals surface area (Å²) in [6, 6.07) is 21.7. The number of carbonyl (C=O) groups excluding carboxylic acids is 2. The molecule has 0 spiro atoms. The maximum Gasteiger partial charge on any atom is 0.343 e. The molecule has 0 N–H and O–H groups in total. The summed E-state index contributed by atoms with van der Waals surface area (Å²) in [7, 11) is 0. The van der Waals surface area contributed by atoms with E-state index in [1.165, 1.54) is 25.7 Å². The van der Waals surface area contributed by atoms with Gasteiger partial charge < -0.3 is 14.2 Å². The lowest BCUT2D eigenvalue weighted by molar-refractivity contribution is -0.138. The molecule has 3 rings (SSSR count). The minimum absolute atomic E-state index is 0.132. The van der Waals surface area contributed by atoms with Gasteiger partial charge in [0.15, 0.2) is 0 Å². The maximum absolute atomic E-state index is 12.6. The van der Waals surface area contributed by atoms with Gasteiger partial charge in [0.1, 0.15) is 17.2 Å². The molecule has 37 heavy (non-hydrogen) atoms. The van der Waals surface area contributed by atoms with Gasteiger partial charge in [0.2, 0.25) is 0 Å². The molecule has 3 aromatic carbocycles. The minimum atomic E-state index is -0.420. The molecule has 0 aliphatic heterocycles. The lowest BCUT2D eigenvalue weighted by Crippen LogP contribution is -2.16. The molecule has 0 saturated heterocycles. The zero-order chi connectivity index (χ0) is 26.6. The van der Waals surface area contributed by atoms with E-state index in [0.29, 0.717) is 17.1 Å². The quantitative estimate of drug-likeness (QED) is 0.134. The third kappa shape index (κ3) is 8.78. The van der Waals surface area contributed by atoms with Gasteiger partial charge in [0.05, 0.1) is 17.6 Å². The summed E-state index contributed by atoms with van der Waals surface area (Å²) in [4.78, 5) is 24.6. The van der Waals surface area contributed by atoms with Gasteiger partial charge in [-0.2, -0.15) is 0 Å². The molecular weight excluding hydrogens is 464 g/mol. The van der Waals surface area contributed by atoms with Crippen molar-refractivity contribution in [2.45, 2.75) is 72.3 Å². The van der Waals surface area contributed by atoms with Gasteiger partial charge in [-0.05, 0) is 85.8 Å². The maximum atomic E-state index is 12.6. The molecule has 0 saturated carbocycles. The van der Waals surface area contributed by atoms with Crippen LogP contribution in [0.25, 0.3) is 11.1 Å². The molecule has 0 bridgehead atoms. The van der Waals surface area contributed by atoms with Crippen LogP contribution in [0.2, 0.25) is 0 Å². The summed E-state index contributed by atoms with van der Waals surface area (Å²) < 4.78 is 16.9. The van der Waals surface area contributed by atoms with Crippen molar-refractivity contribution in [3.63, 3.8) is 0 Å². The van der Waals surface area contributed by atoms with E-state index in [-0.39, 0.29) is 18.0 Å². The van der Waals surface area contributed by atoms with Crippen LogP contribution in [0.3, 0.4) is 0 Å². The van der Waals surface area contributed by atoms with E-state index in [4.69, 9.17) is 14.2 Å². The highest BCUT2D eigenvalue weighted by Crippen LogP contribution is 2.25. The SMILES string of the molecule is CCCCCC[C@H](C)Oc1ccc(OC(=O)c2ccc(-c3ccc(OC(=O)C(C)CC)cc3)cc2)cc1. The van der Waals surface area contributed by atoms with Crippen LogP contribution in [0.5, 0.6) is 17.2 Å². The van der Waals surface area contributed by atoms with Crippen molar-refractivity contribution < 1.29 is 23.8 Å². The number of esters is 2. The molecule has 196 valence electrons. The third-order valence-corrected chi connectivity index (χ3v) is 6.38. The highest BCUT2D eigenvalue weighted by Gasteiger charge is 2.13. The summed E-state index contributed by atoms with van der Waals surface area (Å²) in [6.07, 6.45) is 6.82. The predicted molar refractivity (Wildman–Crippen MR) is 147 cm³/mol. The second kappa shape index (κ2) is 14.2. The Morgan fingerprint density at radius 2 is 1.22 bits per heavy atom. The van der Waals surface area contributed by atoms with Crippen molar-refractivity contribution in [1.29, 1.82) is 0 Å². The Kier molecular flexibility index (Phi) is 10.8. The largest absolute Gasteiger partial charge is 0.491 e. The van der Waals surface area contributed by atoms with Crippen LogP contribution in [0.15, 0.2) is 72.8 Å². The first-order valence-corrected chi connectivity index (χ1v) is 13.3. The lowest BCUT2D eigenvalue weighted by Gasteiger charge is -2.15. The highest BCUT2D eigenvalue weighted by molar-refractivity contribution is 5.91. The molecule has 0 aliphatic carbocycles. The average Bonchev–Trinajstić information content (AvgIpc) is 2.92. The smallest absolute Gasteiger partial charge is 0.343 e. The monoisotopic (exact) mass is 502 g/mol. The zero-order valence-electron chi connectivity index (χ0n) is 22.4. The average molecular weight is 503 g/mol. The fourth-order valence-corrected chi connectivity index (χ4v) is 3.80. The Morgan fingerprint density at radius 3 is 1.81 bits per heavy atom. The summed E-state index contributed by atoms with van der Waals surface area (Å²) in [5.41, 5.74) is 2.36. The summed E-state index contributed by atoms with van der Waals surface area (Å²) in [5, 5.41) is 0. The fourth-order valence-electron chi connectivity index (χ4n) is 3.80. The van der Waals surface area contributed by atoms with Gasteiger partial charge in [-0.25, -0.2) is 4.79 Å². The Balaban J connectivity index is 1.52. The Bertz CT molecular complexity index is 1120. The fraction of sp³-hybridized carbons (Fsp3) is 0.375. The number of hydrogen-bond donors (Lipinski definition) is 0. The molecule has 0 fully saturated rings. The first-order valence-electron chi connectivity index (χ1n) is 13.3. The highest BCUT2D eigenvalue weighted by atomic mass is 16.5. The Morgan fingerprint density at radius 1 is 0.676 bits per heavy atom. The van der Waals surface area contributed by atoms with Crippen molar-refractivity contribution in [2.24, 2.45) is 5.92 Å². The van der Waals surface area contributed by atoms with Gasteiger partial charge in [-0.1, -0.05) is 64.3 Å². The minimum Gasteiger partial charge on any atom is -0.491 e. The van der Waals surface area contributed by atoms with Gasteiger partial charge >= 0.3 is 11.9 Å². The Labute approximate surface area is 220 Å². The van der Waals surface area contributed by atoms with Crippen molar-refractivity contribution >= 4 is 11.9 Å². The van der Waals surface area contributed by atoms with E-state index in [1.54, 1.807) is 36.4 Å². The number of carbonyl (C=O) groups is 2. The molecule has 0 amide bonds. The number of ether oxygens (including phenoxy) is 3. The molecule has 5 nitrogen and oxygen atoms in total. The zero-order valence-corrected chi connectivity index (χ0v) is 22.4. The van der Waals surface area contributed by atoms with E-state index in [2.05, 4.69) is 13.8 Å². The first-order chi connectivity index (χ1) is 17.9. The summed E-state index contributed by atoms with van der Waals surface area (Å²) in [6.45, 7) is 8.10. The number of hydrogen-bond acceptors (Lipinski definition) is 5. The van der Waals surface area contributed by atoms with Crippen LogP contribution < -0.4 is 14.2 Å². The lowest BCUT2D eigenvalue weighted by atomic mass is 10.0. The van der Waals surface area contributed by atoms with Crippen molar-refractivity contribution in [1.82, 2.24) is 0 Å². The standard InChI is InChI=1S/C32H38O5/c1-5-7-8-9-10-24(4)35-28-19-21-30(22-20-28)37-32(34)27-13-11-25(12-14-27)26-15-17-29(18-16-26)36-31(33)23(3)6-2/h11-24H,5-10H2,1-4H3/t23?,24-/m0/s1. The van der Waals surface area contributed by atoms with Gasteiger partial charge in [0, 0.05) is 0 Å². The van der Waals surface area contributed by atoms with E-state index >= 15 is 0 Å². The molecule has 1 unspecified atom stereocenters. The molecule has 2 atom stereocenters. The molecule has 0 radical (unpaired) electrons. The second-order valence-corrected chi connectivity index (χ2v) is 9.47. The van der Waals surface area contributed by atoms with E-state index in [1.807, 2.05) is 50.2 Å². The van der Waals surface area contributed by atoms with E-state index < -0.39 is 5.97 Å². The van der Waals surface area contributed by atoms with Crippen molar-refractivity contribution in [3.05, 3.63) is 78.4 Å². The van der Waals surface area contributed by atoms with Crippen LogP contribution in [0.4, 0.5) is 0 Å². The van der Waals surface area contributed by atoms with Crippen LogP contribution in [0.1, 0.15) is 76.6 Å². The molecular formula is C32H38O5. The number of unbranched alkanes of at least 4 members (excludes halogenated alkanes) is 3. The van der Waals surface area contributed by atoms with E-state index in [9.17, 15) is 9.59 Å². The van der Waals surface area contributed by atoms with Gasteiger partial charge in [-0.15, -0.1) is 0 Å². The Hall–Kier alpha value is -3.60. The normalized spacial score (nSPS) is 12.4. The second-order valence-electron chi connectivity index (χ2n) is 9.47. The number of rotatable bonds is 13. The van der Waals surface area contributed by atoms with Crippen molar-refractivity contribution in [3.8, 4) is 28.4 Å². The van der Waals surface area contributed by atoms with Gasteiger partial charge in [0.25, 0.3) is 0 Å². The molecule has 0 heterocycles. The molecule has 0 aromatic heterocycles. The summed E-state index contributed by atoms with van der Waals surface area (Å²) >= 11 is 0. The summed E-state index contributed by atoms with van der Waals surface area (Å²) in [5.74, 6) is 0.982. The van der Waals surface area contributed by atoms with Crippen LogP contribution in [-0.4, -0.2) is 18.0 Å².